The van der Waals surface area contributed by atoms with Crippen molar-refractivity contribution in [2.45, 2.75) is 53.1 Å². The minimum Gasteiger partial charge on any atom is -0.242 e. The molecule has 0 fully saturated rings. The van der Waals surface area contributed by atoms with Crippen molar-refractivity contribution in [1.29, 1.82) is 0 Å². The van der Waals surface area contributed by atoms with E-state index in [1.54, 1.807) is 0 Å². The SMILES string of the molecule is C=[N+](C)C(C)C(C)CC=[N+](C)C(C)C(C)C. The summed E-state index contributed by atoms with van der Waals surface area (Å²) in [4.78, 5) is 0. The number of nitrogens with zero attached hydrogens (tertiary/aromatic N) is 2. The highest BCUT2D eigenvalue weighted by Crippen LogP contribution is 2.09. The van der Waals surface area contributed by atoms with Crippen LogP contribution in [0.4, 0.5) is 0 Å². The Hall–Kier alpha value is -0.660. The molecule has 0 amide bonds. The van der Waals surface area contributed by atoms with Crippen molar-refractivity contribution in [2.24, 2.45) is 11.8 Å². The summed E-state index contributed by atoms with van der Waals surface area (Å²) in [7, 11) is 4.22. The molecule has 0 bridgehead atoms. The molecule has 0 aliphatic carbocycles. The summed E-state index contributed by atoms with van der Waals surface area (Å²) in [6, 6.07) is 1.14. The lowest BCUT2D eigenvalue weighted by molar-refractivity contribution is -0.542. The summed E-state index contributed by atoms with van der Waals surface area (Å²) in [5.41, 5.74) is 0. The van der Waals surface area contributed by atoms with E-state index in [1.165, 1.54) is 0 Å². The Morgan fingerprint density at radius 2 is 1.50 bits per heavy atom. The second kappa shape index (κ2) is 6.82. The van der Waals surface area contributed by atoms with Gasteiger partial charge in [-0.15, -0.1) is 0 Å². The van der Waals surface area contributed by atoms with Crippen LogP contribution in [0.1, 0.15) is 41.0 Å². The van der Waals surface area contributed by atoms with Gasteiger partial charge < -0.3 is 0 Å². The van der Waals surface area contributed by atoms with Gasteiger partial charge in [-0.05, 0) is 13.8 Å². The minimum atomic E-state index is 0.527. The molecule has 0 rings (SSSR count). The number of hydrogen-bond donors (Lipinski definition) is 0. The topological polar surface area (TPSA) is 6.02 Å². The molecule has 0 saturated heterocycles. The van der Waals surface area contributed by atoms with Crippen LogP contribution in [0.5, 0.6) is 0 Å². The van der Waals surface area contributed by atoms with Gasteiger partial charge in [0, 0.05) is 18.3 Å². The zero-order chi connectivity index (χ0) is 12.9. The maximum atomic E-state index is 3.96. The fourth-order valence-corrected chi connectivity index (χ4v) is 1.60. The molecule has 0 aromatic carbocycles. The highest BCUT2D eigenvalue weighted by molar-refractivity contribution is 5.51. The van der Waals surface area contributed by atoms with Gasteiger partial charge in [-0.3, -0.25) is 0 Å². The first-order valence-corrected chi connectivity index (χ1v) is 6.36. The molecule has 3 unspecified atom stereocenters. The van der Waals surface area contributed by atoms with Crippen molar-refractivity contribution in [3.05, 3.63) is 0 Å². The fraction of sp³-hybridized carbons (Fsp3) is 0.857. The molecule has 0 aromatic heterocycles. The molecule has 2 nitrogen and oxygen atoms in total. The molecule has 2 heteroatoms. The van der Waals surface area contributed by atoms with Crippen molar-refractivity contribution in [3.63, 3.8) is 0 Å². The van der Waals surface area contributed by atoms with Gasteiger partial charge in [0.25, 0.3) is 0 Å². The van der Waals surface area contributed by atoms with E-state index in [-0.39, 0.29) is 0 Å². The molecule has 0 spiro atoms. The van der Waals surface area contributed by atoms with E-state index in [0.29, 0.717) is 23.9 Å². The van der Waals surface area contributed by atoms with Gasteiger partial charge in [-0.1, -0.05) is 20.8 Å². The molecule has 0 aliphatic heterocycles. The van der Waals surface area contributed by atoms with Crippen LogP contribution in [-0.2, 0) is 0 Å². The largest absolute Gasteiger partial charge is 0.242 e. The molecule has 0 heterocycles. The van der Waals surface area contributed by atoms with Crippen LogP contribution in [0.15, 0.2) is 0 Å². The van der Waals surface area contributed by atoms with Crippen LogP contribution < -0.4 is 0 Å². The van der Waals surface area contributed by atoms with E-state index in [1.807, 2.05) is 11.6 Å². The van der Waals surface area contributed by atoms with Crippen molar-refractivity contribution >= 4 is 12.9 Å². The van der Waals surface area contributed by atoms with Gasteiger partial charge in [0.2, 0.25) is 0 Å². The molecule has 16 heavy (non-hydrogen) atoms. The molecular weight excluding hydrogens is 196 g/mol. The van der Waals surface area contributed by atoms with Crippen LogP contribution >= 0.6 is 0 Å². The predicted molar refractivity (Wildman–Crippen MR) is 73.1 cm³/mol. The summed E-state index contributed by atoms with van der Waals surface area (Å²) in [6.07, 6.45) is 3.45. The Labute approximate surface area is 102 Å². The van der Waals surface area contributed by atoms with Gasteiger partial charge in [0.05, 0.1) is 0 Å². The molecule has 3 atom stereocenters. The zero-order valence-corrected chi connectivity index (χ0v) is 12.2. The Kier molecular flexibility index (Phi) is 6.54. The van der Waals surface area contributed by atoms with Gasteiger partial charge >= 0.3 is 0 Å². The molecule has 94 valence electrons. The lowest BCUT2D eigenvalue weighted by Gasteiger charge is -2.15. The Bertz CT molecular complexity index is 253. The van der Waals surface area contributed by atoms with Crippen molar-refractivity contribution < 1.29 is 9.15 Å². The zero-order valence-electron chi connectivity index (χ0n) is 12.2. The summed E-state index contributed by atoms with van der Waals surface area (Å²) in [5, 5.41) is 0. The van der Waals surface area contributed by atoms with E-state index in [2.05, 4.69) is 59.2 Å². The summed E-state index contributed by atoms with van der Waals surface area (Å²) < 4.78 is 4.39. The molecule has 0 radical (unpaired) electrons. The van der Waals surface area contributed by atoms with Crippen LogP contribution in [0, 0.1) is 11.8 Å². The third-order valence-corrected chi connectivity index (χ3v) is 3.89. The van der Waals surface area contributed by atoms with Crippen molar-refractivity contribution in [2.75, 3.05) is 14.1 Å². The summed E-state index contributed by atoms with van der Waals surface area (Å²) in [6.45, 7) is 15.3. The van der Waals surface area contributed by atoms with Crippen LogP contribution in [0.3, 0.4) is 0 Å². The molecule has 0 N–H and O–H groups in total. The average Bonchev–Trinajstić information content (AvgIpc) is 2.22. The number of hydrogen-bond acceptors (Lipinski definition) is 0. The van der Waals surface area contributed by atoms with Crippen LogP contribution in [-0.4, -0.2) is 48.3 Å². The standard InChI is InChI=1S/C14H30N2/c1-11(2)13(4)16(8)10-9-12(3)14(5)15(6)7/h10-14H,6,9H2,1-5,7-8H3/q+2. The van der Waals surface area contributed by atoms with Crippen LogP contribution in [0.25, 0.3) is 0 Å². The van der Waals surface area contributed by atoms with Crippen LogP contribution in [0.2, 0.25) is 0 Å². The minimum absolute atomic E-state index is 0.527. The van der Waals surface area contributed by atoms with Gasteiger partial charge in [0.15, 0.2) is 12.1 Å². The molecule has 0 aliphatic rings. The number of rotatable bonds is 6. The Balaban J connectivity index is 4.31. The average molecular weight is 226 g/mol. The lowest BCUT2D eigenvalue weighted by Crippen LogP contribution is -2.29. The van der Waals surface area contributed by atoms with Crippen molar-refractivity contribution in [1.82, 2.24) is 0 Å². The highest BCUT2D eigenvalue weighted by atomic mass is 15.0. The molecular formula is C14H30N2+2. The van der Waals surface area contributed by atoms with E-state index >= 15 is 0 Å². The fourth-order valence-electron chi connectivity index (χ4n) is 1.60. The Morgan fingerprint density at radius 1 is 1.00 bits per heavy atom. The highest BCUT2D eigenvalue weighted by Gasteiger charge is 2.20. The second-order valence-electron chi connectivity index (χ2n) is 5.54. The van der Waals surface area contributed by atoms with Gasteiger partial charge in [-0.2, -0.15) is 0 Å². The first-order valence-electron chi connectivity index (χ1n) is 6.36. The maximum absolute atomic E-state index is 3.96. The second-order valence-corrected chi connectivity index (χ2v) is 5.54. The maximum Gasteiger partial charge on any atom is 0.152 e. The predicted octanol–water partition coefficient (Wildman–Crippen LogP) is 2.50. The monoisotopic (exact) mass is 226 g/mol. The third-order valence-electron chi connectivity index (χ3n) is 3.89. The quantitative estimate of drug-likeness (QED) is 0.485. The third kappa shape index (κ3) is 4.91. The summed E-state index contributed by atoms with van der Waals surface area (Å²) >= 11 is 0. The van der Waals surface area contributed by atoms with Gasteiger partial charge in [-0.25, -0.2) is 9.15 Å². The normalized spacial score (nSPS) is 18.4. The lowest BCUT2D eigenvalue weighted by atomic mass is 10.00. The first-order chi connectivity index (χ1) is 7.27. The van der Waals surface area contributed by atoms with Crippen molar-refractivity contribution in [3.8, 4) is 0 Å². The Morgan fingerprint density at radius 3 is 1.88 bits per heavy atom. The molecule has 0 saturated carbocycles. The van der Waals surface area contributed by atoms with E-state index in [4.69, 9.17) is 0 Å². The van der Waals surface area contributed by atoms with Gasteiger partial charge in [0.1, 0.15) is 27.0 Å². The smallest absolute Gasteiger partial charge is 0.152 e. The molecule has 0 aromatic rings. The van der Waals surface area contributed by atoms with E-state index < -0.39 is 0 Å². The van der Waals surface area contributed by atoms with E-state index in [0.717, 1.165) is 6.42 Å². The van der Waals surface area contributed by atoms with E-state index in [9.17, 15) is 0 Å². The summed E-state index contributed by atoms with van der Waals surface area (Å²) in [5.74, 6) is 1.34. The first kappa shape index (κ1) is 15.3.